The molecule has 0 atom stereocenters. The van der Waals surface area contributed by atoms with Gasteiger partial charge in [0.05, 0.1) is 13.2 Å². The van der Waals surface area contributed by atoms with Crippen molar-refractivity contribution in [1.82, 2.24) is 10.2 Å². The van der Waals surface area contributed by atoms with Crippen LogP contribution < -0.4 is 5.32 Å². The first-order valence-electron chi connectivity index (χ1n) is 9.08. The van der Waals surface area contributed by atoms with Crippen molar-refractivity contribution < 1.29 is 9.47 Å². The number of likely N-dealkylation sites (tertiary alicyclic amines) is 1. The van der Waals surface area contributed by atoms with Gasteiger partial charge in [0.1, 0.15) is 0 Å². The van der Waals surface area contributed by atoms with E-state index in [2.05, 4.69) is 10.2 Å². The van der Waals surface area contributed by atoms with Crippen LogP contribution in [-0.2, 0) is 9.47 Å². The topological polar surface area (TPSA) is 33.7 Å². The van der Waals surface area contributed by atoms with Crippen molar-refractivity contribution in [2.75, 3.05) is 32.8 Å². The maximum Gasteiger partial charge on any atom is 0.168 e. The molecule has 0 radical (unpaired) electrons. The fourth-order valence-electron chi connectivity index (χ4n) is 4.29. The fourth-order valence-corrected chi connectivity index (χ4v) is 4.29. The molecule has 0 aromatic carbocycles. The average molecular weight is 294 g/mol. The third-order valence-corrected chi connectivity index (χ3v) is 5.83. The lowest BCUT2D eigenvalue weighted by Crippen LogP contribution is -2.49. The van der Waals surface area contributed by atoms with Crippen molar-refractivity contribution >= 4 is 0 Å². The zero-order chi connectivity index (χ0) is 14.1. The number of ether oxygens (including phenoxy) is 2. The summed E-state index contributed by atoms with van der Waals surface area (Å²) in [7, 11) is 0. The molecule has 1 spiro atoms. The highest BCUT2D eigenvalue weighted by Gasteiger charge is 2.40. The van der Waals surface area contributed by atoms with Gasteiger partial charge < -0.3 is 19.7 Å². The highest BCUT2D eigenvalue weighted by Crippen LogP contribution is 2.36. The molecular weight excluding hydrogens is 264 g/mol. The van der Waals surface area contributed by atoms with Crippen molar-refractivity contribution in [3.63, 3.8) is 0 Å². The summed E-state index contributed by atoms with van der Waals surface area (Å²) in [6, 6.07) is 1.42. The summed E-state index contributed by atoms with van der Waals surface area (Å²) in [5, 5.41) is 3.92. The molecule has 4 fully saturated rings. The lowest BCUT2D eigenvalue weighted by Gasteiger charge is -2.39. The van der Waals surface area contributed by atoms with Crippen LogP contribution in [0.2, 0.25) is 0 Å². The summed E-state index contributed by atoms with van der Waals surface area (Å²) in [5.74, 6) is 0.835. The van der Waals surface area contributed by atoms with Crippen molar-refractivity contribution in [1.29, 1.82) is 0 Å². The van der Waals surface area contributed by atoms with E-state index in [1.54, 1.807) is 0 Å². The first-order valence-corrected chi connectivity index (χ1v) is 9.08. The van der Waals surface area contributed by atoms with Crippen LogP contribution in [-0.4, -0.2) is 55.6 Å². The van der Waals surface area contributed by atoms with Crippen LogP contribution in [0.3, 0.4) is 0 Å². The van der Waals surface area contributed by atoms with Crippen LogP contribution in [0, 0.1) is 5.92 Å². The highest BCUT2D eigenvalue weighted by molar-refractivity contribution is 4.89. The molecule has 120 valence electrons. The van der Waals surface area contributed by atoms with Crippen LogP contribution in [0.1, 0.15) is 51.4 Å². The second-order valence-corrected chi connectivity index (χ2v) is 7.57. The normalized spacial score (nSPS) is 32.0. The number of nitrogens with one attached hydrogen (secondary N) is 1. The summed E-state index contributed by atoms with van der Waals surface area (Å²) >= 11 is 0. The average Bonchev–Trinajstić information content (AvgIpc) is 3.22. The molecule has 1 N–H and O–H groups in total. The molecule has 0 aromatic heterocycles. The molecule has 0 amide bonds. The number of piperidine rings is 1. The van der Waals surface area contributed by atoms with Gasteiger partial charge in [-0.25, -0.2) is 0 Å². The van der Waals surface area contributed by atoms with E-state index < -0.39 is 0 Å². The molecule has 4 nitrogen and oxygen atoms in total. The van der Waals surface area contributed by atoms with Crippen molar-refractivity contribution in [3.8, 4) is 0 Å². The van der Waals surface area contributed by atoms with E-state index in [1.807, 2.05) is 0 Å². The Morgan fingerprint density at radius 1 is 0.857 bits per heavy atom. The first kappa shape index (κ1) is 14.4. The van der Waals surface area contributed by atoms with Gasteiger partial charge in [0, 0.05) is 31.5 Å². The third kappa shape index (κ3) is 3.61. The van der Waals surface area contributed by atoms with Gasteiger partial charge in [-0.1, -0.05) is 0 Å². The van der Waals surface area contributed by atoms with E-state index >= 15 is 0 Å². The minimum atomic E-state index is -0.203. The Balaban J connectivity index is 1.17. The molecule has 2 aliphatic carbocycles. The number of rotatable bonds is 4. The zero-order valence-electron chi connectivity index (χ0n) is 13.2. The van der Waals surface area contributed by atoms with Crippen molar-refractivity contribution in [2.45, 2.75) is 69.2 Å². The van der Waals surface area contributed by atoms with E-state index in [1.165, 1.54) is 58.2 Å². The van der Waals surface area contributed by atoms with Gasteiger partial charge >= 0.3 is 0 Å². The van der Waals surface area contributed by atoms with E-state index in [0.717, 1.165) is 38.0 Å². The smallest absolute Gasteiger partial charge is 0.168 e. The van der Waals surface area contributed by atoms with Gasteiger partial charge in [-0.2, -0.15) is 0 Å². The zero-order valence-corrected chi connectivity index (χ0v) is 13.2. The molecule has 2 saturated carbocycles. The summed E-state index contributed by atoms with van der Waals surface area (Å²) < 4.78 is 11.6. The van der Waals surface area contributed by atoms with Gasteiger partial charge in [0.25, 0.3) is 0 Å². The summed E-state index contributed by atoms with van der Waals surface area (Å²) in [5.41, 5.74) is 0. The molecule has 21 heavy (non-hydrogen) atoms. The van der Waals surface area contributed by atoms with E-state index in [0.29, 0.717) is 6.04 Å². The fraction of sp³-hybridized carbons (Fsp3) is 1.00. The molecule has 2 aliphatic heterocycles. The SMILES string of the molecule is C1COC2(CCC(NC3CCN(CC4CC4)CC3)CC2)O1. The minimum Gasteiger partial charge on any atom is -0.348 e. The number of hydrogen-bond acceptors (Lipinski definition) is 4. The predicted molar refractivity (Wildman–Crippen MR) is 82.2 cm³/mol. The maximum atomic E-state index is 5.82. The number of nitrogens with zero attached hydrogens (tertiary/aromatic N) is 1. The minimum absolute atomic E-state index is 0.203. The molecule has 4 rings (SSSR count). The van der Waals surface area contributed by atoms with Gasteiger partial charge in [-0.3, -0.25) is 0 Å². The van der Waals surface area contributed by atoms with Gasteiger partial charge in [-0.15, -0.1) is 0 Å². The van der Waals surface area contributed by atoms with Gasteiger partial charge in [0.2, 0.25) is 0 Å². The Labute approximate surface area is 128 Å². The Morgan fingerprint density at radius 2 is 1.48 bits per heavy atom. The molecular formula is C17H30N2O2. The molecule has 4 aliphatic rings. The molecule has 4 heteroatoms. The molecule has 0 aromatic rings. The van der Waals surface area contributed by atoms with Gasteiger partial charge in [0.15, 0.2) is 5.79 Å². The second-order valence-electron chi connectivity index (χ2n) is 7.57. The lowest BCUT2D eigenvalue weighted by atomic mass is 9.89. The van der Waals surface area contributed by atoms with Crippen LogP contribution in [0.4, 0.5) is 0 Å². The van der Waals surface area contributed by atoms with Crippen LogP contribution in [0.25, 0.3) is 0 Å². The third-order valence-electron chi connectivity index (χ3n) is 5.83. The second kappa shape index (κ2) is 6.15. The van der Waals surface area contributed by atoms with E-state index in [4.69, 9.17) is 9.47 Å². The standard InChI is InChI=1S/C17H30N2O2/c1-2-14(1)13-19-9-5-16(6-10-19)18-15-3-7-17(8-4-15)20-11-12-21-17/h14-16,18H,1-13H2. The van der Waals surface area contributed by atoms with Crippen molar-refractivity contribution in [3.05, 3.63) is 0 Å². The Kier molecular flexibility index (Phi) is 4.23. The summed E-state index contributed by atoms with van der Waals surface area (Å²) in [6.45, 7) is 5.55. The van der Waals surface area contributed by atoms with Crippen LogP contribution >= 0.6 is 0 Å². The predicted octanol–water partition coefficient (Wildman–Crippen LogP) is 2.14. The summed E-state index contributed by atoms with van der Waals surface area (Å²) in [6.07, 6.45) is 10.2. The Morgan fingerprint density at radius 3 is 2.10 bits per heavy atom. The van der Waals surface area contributed by atoms with E-state index in [-0.39, 0.29) is 5.79 Å². The Hall–Kier alpha value is -0.160. The quantitative estimate of drug-likeness (QED) is 0.861. The lowest BCUT2D eigenvalue weighted by molar-refractivity contribution is -0.179. The largest absolute Gasteiger partial charge is 0.348 e. The van der Waals surface area contributed by atoms with Crippen LogP contribution in [0.5, 0.6) is 0 Å². The molecule has 0 unspecified atom stereocenters. The maximum absolute atomic E-state index is 5.82. The Bertz CT molecular complexity index is 335. The highest BCUT2D eigenvalue weighted by atomic mass is 16.7. The summed E-state index contributed by atoms with van der Waals surface area (Å²) in [4.78, 5) is 2.69. The van der Waals surface area contributed by atoms with E-state index in [9.17, 15) is 0 Å². The monoisotopic (exact) mass is 294 g/mol. The first-order chi connectivity index (χ1) is 10.3. The van der Waals surface area contributed by atoms with Crippen molar-refractivity contribution in [2.24, 2.45) is 5.92 Å². The van der Waals surface area contributed by atoms with Gasteiger partial charge in [-0.05, 0) is 57.5 Å². The molecule has 2 heterocycles. The molecule has 2 saturated heterocycles. The molecule has 0 bridgehead atoms. The van der Waals surface area contributed by atoms with Crippen LogP contribution in [0.15, 0.2) is 0 Å². The number of hydrogen-bond donors (Lipinski definition) is 1.